The Balaban J connectivity index is 1.41. The first kappa shape index (κ1) is 18.4. The minimum atomic E-state index is -0.0992. The summed E-state index contributed by atoms with van der Waals surface area (Å²) >= 11 is 0. The summed E-state index contributed by atoms with van der Waals surface area (Å²) < 4.78 is 5.75. The Labute approximate surface area is 159 Å². The number of hydrogen-bond donors (Lipinski definition) is 1. The second-order valence-electron chi connectivity index (χ2n) is 6.12. The average Bonchev–Trinajstić information content (AvgIpc) is 2.73. The number of hydrazone groups is 1. The average molecular weight is 358 g/mol. The predicted molar refractivity (Wildman–Crippen MR) is 108 cm³/mol. The topological polar surface area (TPSA) is 50.7 Å². The van der Waals surface area contributed by atoms with E-state index < -0.39 is 0 Å². The van der Waals surface area contributed by atoms with Crippen LogP contribution in [0.15, 0.2) is 90.0 Å². The molecule has 0 radical (unpaired) electrons. The van der Waals surface area contributed by atoms with E-state index in [1.807, 2.05) is 84.9 Å². The van der Waals surface area contributed by atoms with Crippen molar-refractivity contribution in [2.75, 3.05) is 0 Å². The summed E-state index contributed by atoms with van der Waals surface area (Å²) in [6.45, 7) is 0.533. The Morgan fingerprint density at radius 2 is 1.48 bits per heavy atom. The predicted octanol–water partition coefficient (Wildman–Crippen LogP) is 4.35. The second kappa shape index (κ2) is 9.92. The molecule has 1 amide bonds. The summed E-state index contributed by atoms with van der Waals surface area (Å²) in [5, 5.41) is 4.01. The van der Waals surface area contributed by atoms with Gasteiger partial charge in [0.25, 0.3) is 0 Å². The zero-order valence-electron chi connectivity index (χ0n) is 15.0. The van der Waals surface area contributed by atoms with Gasteiger partial charge in [-0.05, 0) is 47.4 Å². The number of nitrogens with one attached hydrogen (secondary N) is 1. The summed E-state index contributed by atoms with van der Waals surface area (Å²) in [5.41, 5.74) is 5.72. The number of ether oxygens (including phenoxy) is 1. The van der Waals surface area contributed by atoms with E-state index in [0.717, 1.165) is 22.4 Å². The van der Waals surface area contributed by atoms with E-state index in [9.17, 15) is 4.79 Å². The summed E-state index contributed by atoms with van der Waals surface area (Å²) in [7, 11) is 0. The summed E-state index contributed by atoms with van der Waals surface area (Å²) in [4.78, 5) is 11.8. The molecule has 0 atom stereocenters. The number of rotatable bonds is 8. The van der Waals surface area contributed by atoms with Gasteiger partial charge in [-0.3, -0.25) is 4.79 Å². The molecule has 4 heteroatoms. The zero-order valence-corrected chi connectivity index (χ0v) is 15.0. The Bertz CT molecular complexity index is 860. The maximum atomic E-state index is 11.8. The van der Waals surface area contributed by atoms with Crippen LogP contribution in [0.5, 0.6) is 5.75 Å². The SMILES string of the molecule is O=C(CCc1ccccc1)N/N=C/c1ccc(OCc2ccccc2)cc1. The molecule has 27 heavy (non-hydrogen) atoms. The summed E-state index contributed by atoms with van der Waals surface area (Å²) in [6.07, 6.45) is 2.74. The molecule has 0 aliphatic heterocycles. The minimum Gasteiger partial charge on any atom is -0.489 e. The Hall–Kier alpha value is -3.40. The van der Waals surface area contributed by atoms with Gasteiger partial charge in [-0.25, -0.2) is 5.43 Å². The fourth-order valence-electron chi connectivity index (χ4n) is 2.53. The van der Waals surface area contributed by atoms with Crippen molar-refractivity contribution in [1.29, 1.82) is 0 Å². The van der Waals surface area contributed by atoms with Gasteiger partial charge in [0.1, 0.15) is 12.4 Å². The molecule has 3 rings (SSSR count). The van der Waals surface area contributed by atoms with Crippen LogP contribution in [0.3, 0.4) is 0 Å². The van der Waals surface area contributed by atoms with Crippen LogP contribution < -0.4 is 10.2 Å². The van der Waals surface area contributed by atoms with Crippen molar-refractivity contribution in [2.24, 2.45) is 5.10 Å². The molecule has 0 saturated heterocycles. The molecule has 0 aliphatic rings. The highest BCUT2D eigenvalue weighted by Crippen LogP contribution is 2.13. The highest BCUT2D eigenvalue weighted by Gasteiger charge is 2.00. The van der Waals surface area contributed by atoms with E-state index in [0.29, 0.717) is 19.4 Å². The van der Waals surface area contributed by atoms with E-state index in [2.05, 4.69) is 10.5 Å². The van der Waals surface area contributed by atoms with Gasteiger partial charge in [-0.15, -0.1) is 0 Å². The molecule has 0 spiro atoms. The van der Waals surface area contributed by atoms with E-state index in [-0.39, 0.29) is 5.91 Å². The third-order valence-corrected chi connectivity index (χ3v) is 4.01. The first-order valence-corrected chi connectivity index (χ1v) is 8.92. The third-order valence-electron chi connectivity index (χ3n) is 4.01. The fraction of sp³-hybridized carbons (Fsp3) is 0.130. The molecule has 136 valence electrons. The first-order valence-electron chi connectivity index (χ1n) is 8.92. The molecule has 0 unspecified atom stereocenters. The standard InChI is InChI=1S/C23H22N2O2/c26-23(16-13-19-7-3-1-4-8-19)25-24-17-20-11-14-22(15-12-20)27-18-21-9-5-2-6-10-21/h1-12,14-15,17H,13,16,18H2,(H,25,26)/b24-17+. The van der Waals surface area contributed by atoms with Crippen molar-refractivity contribution in [2.45, 2.75) is 19.4 Å². The largest absolute Gasteiger partial charge is 0.489 e. The van der Waals surface area contributed by atoms with Crippen LogP contribution in [0.25, 0.3) is 0 Å². The molecule has 4 nitrogen and oxygen atoms in total. The van der Waals surface area contributed by atoms with Gasteiger partial charge in [-0.2, -0.15) is 5.10 Å². The van der Waals surface area contributed by atoms with E-state index >= 15 is 0 Å². The lowest BCUT2D eigenvalue weighted by Crippen LogP contribution is -2.17. The quantitative estimate of drug-likeness (QED) is 0.481. The molecule has 3 aromatic rings. The number of carbonyl (C=O) groups excluding carboxylic acids is 1. The van der Waals surface area contributed by atoms with Crippen molar-refractivity contribution >= 4 is 12.1 Å². The highest BCUT2D eigenvalue weighted by molar-refractivity contribution is 5.82. The van der Waals surface area contributed by atoms with Crippen LogP contribution in [0.2, 0.25) is 0 Å². The van der Waals surface area contributed by atoms with Crippen LogP contribution in [0.4, 0.5) is 0 Å². The van der Waals surface area contributed by atoms with Crippen LogP contribution in [-0.2, 0) is 17.8 Å². The molecule has 0 heterocycles. The maximum Gasteiger partial charge on any atom is 0.240 e. The summed E-state index contributed by atoms with van der Waals surface area (Å²) in [5.74, 6) is 0.695. The number of nitrogens with zero attached hydrogens (tertiary/aromatic N) is 1. The van der Waals surface area contributed by atoms with E-state index in [1.165, 1.54) is 0 Å². The smallest absolute Gasteiger partial charge is 0.240 e. The monoisotopic (exact) mass is 358 g/mol. The van der Waals surface area contributed by atoms with Crippen molar-refractivity contribution < 1.29 is 9.53 Å². The molecule has 0 bridgehead atoms. The van der Waals surface area contributed by atoms with Gasteiger partial charge < -0.3 is 4.74 Å². The highest BCUT2D eigenvalue weighted by atomic mass is 16.5. The number of carbonyl (C=O) groups is 1. The van der Waals surface area contributed by atoms with Crippen LogP contribution in [0, 0.1) is 0 Å². The van der Waals surface area contributed by atoms with Gasteiger partial charge in [0.05, 0.1) is 6.21 Å². The molecular weight excluding hydrogens is 336 g/mol. The van der Waals surface area contributed by atoms with E-state index in [1.54, 1.807) is 6.21 Å². The van der Waals surface area contributed by atoms with E-state index in [4.69, 9.17) is 4.74 Å². The molecular formula is C23H22N2O2. The lowest BCUT2D eigenvalue weighted by atomic mass is 10.1. The maximum absolute atomic E-state index is 11.8. The number of benzene rings is 3. The second-order valence-corrected chi connectivity index (χ2v) is 6.12. The van der Waals surface area contributed by atoms with Crippen LogP contribution >= 0.6 is 0 Å². The minimum absolute atomic E-state index is 0.0992. The first-order chi connectivity index (χ1) is 13.3. The molecule has 0 aliphatic carbocycles. The van der Waals surface area contributed by atoms with Crippen molar-refractivity contribution in [3.05, 3.63) is 102 Å². The fourth-order valence-corrected chi connectivity index (χ4v) is 2.53. The number of aryl methyl sites for hydroxylation is 1. The normalized spacial score (nSPS) is 10.7. The Kier molecular flexibility index (Phi) is 6.76. The van der Waals surface area contributed by atoms with Gasteiger partial charge in [-0.1, -0.05) is 60.7 Å². The summed E-state index contributed by atoms with van der Waals surface area (Å²) in [6, 6.07) is 27.5. The number of hydrogen-bond acceptors (Lipinski definition) is 3. The van der Waals surface area contributed by atoms with Crippen LogP contribution in [0.1, 0.15) is 23.1 Å². The van der Waals surface area contributed by atoms with Gasteiger partial charge in [0.2, 0.25) is 5.91 Å². The third kappa shape index (κ3) is 6.44. The van der Waals surface area contributed by atoms with Gasteiger partial charge in [0.15, 0.2) is 0 Å². The molecule has 0 aromatic heterocycles. The van der Waals surface area contributed by atoms with Crippen molar-refractivity contribution in [3.8, 4) is 5.75 Å². The lowest BCUT2D eigenvalue weighted by Gasteiger charge is -2.06. The van der Waals surface area contributed by atoms with Crippen molar-refractivity contribution in [1.82, 2.24) is 5.43 Å². The molecule has 0 fully saturated rings. The van der Waals surface area contributed by atoms with Crippen LogP contribution in [-0.4, -0.2) is 12.1 Å². The van der Waals surface area contributed by atoms with Gasteiger partial charge in [0, 0.05) is 6.42 Å². The lowest BCUT2D eigenvalue weighted by molar-refractivity contribution is -0.121. The zero-order chi connectivity index (χ0) is 18.7. The molecule has 3 aromatic carbocycles. The molecule has 1 N–H and O–H groups in total. The Morgan fingerprint density at radius 1 is 0.852 bits per heavy atom. The molecule has 0 saturated carbocycles. The van der Waals surface area contributed by atoms with Crippen molar-refractivity contribution in [3.63, 3.8) is 0 Å². The Morgan fingerprint density at radius 3 is 2.15 bits per heavy atom. The van der Waals surface area contributed by atoms with Gasteiger partial charge >= 0.3 is 0 Å². The number of amides is 1.